The highest BCUT2D eigenvalue weighted by atomic mass is 127. The summed E-state index contributed by atoms with van der Waals surface area (Å²) >= 11 is 8.56. The van der Waals surface area contributed by atoms with Crippen LogP contribution in [0.2, 0.25) is 5.02 Å². The van der Waals surface area contributed by atoms with Gasteiger partial charge in [0.1, 0.15) is 0 Å². The molecule has 0 unspecified atom stereocenters. The lowest BCUT2D eigenvalue weighted by Crippen LogP contribution is -2.56. The molecule has 0 saturated carbocycles. The third kappa shape index (κ3) is 2.19. The van der Waals surface area contributed by atoms with E-state index in [-0.39, 0.29) is 0 Å². The molecular formula is C13H17ClIN. The van der Waals surface area contributed by atoms with Gasteiger partial charge in [0.05, 0.1) is 10.7 Å². The zero-order chi connectivity index (χ0) is 11.8. The van der Waals surface area contributed by atoms with E-state index in [1.807, 2.05) is 6.07 Å². The van der Waals surface area contributed by atoms with Crippen LogP contribution in [0.3, 0.4) is 0 Å². The summed E-state index contributed by atoms with van der Waals surface area (Å²) < 4.78 is 1.20. The molecule has 0 aromatic heterocycles. The van der Waals surface area contributed by atoms with Crippen LogP contribution in [0.1, 0.15) is 26.7 Å². The van der Waals surface area contributed by atoms with Crippen LogP contribution in [-0.2, 0) is 0 Å². The van der Waals surface area contributed by atoms with E-state index in [0.29, 0.717) is 5.41 Å². The van der Waals surface area contributed by atoms with Crippen molar-refractivity contribution in [3.05, 3.63) is 26.8 Å². The van der Waals surface area contributed by atoms with Crippen molar-refractivity contribution >= 4 is 39.9 Å². The zero-order valence-corrected chi connectivity index (χ0v) is 12.7. The van der Waals surface area contributed by atoms with Gasteiger partial charge in [0.2, 0.25) is 0 Å². The fourth-order valence-corrected chi connectivity index (χ4v) is 3.34. The Morgan fingerprint density at radius 3 is 2.44 bits per heavy atom. The molecule has 16 heavy (non-hydrogen) atoms. The number of benzene rings is 1. The van der Waals surface area contributed by atoms with E-state index in [0.717, 1.165) is 18.1 Å². The van der Waals surface area contributed by atoms with Crippen molar-refractivity contribution in [2.45, 2.75) is 26.7 Å². The average Bonchev–Trinajstić information content (AvgIpc) is 2.20. The van der Waals surface area contributed by atoms with Crippen LogP contribution in [0.15, 0.2) is 18.2 Å². The van der Waals surface area contributed by atoms with Crippen molar-refractivity contribution in [2.75, 3.05) is 18.0 Å². The molecule has 0 aliphatic carbocycles. The predicted molar refractivity (Wildman–Crippen MR) is 79.4 cm³/mol. The van der Waals surface area contributed by atoms with E-state index in [2.05, 4.69) is 53.5 Å². The highest BCUT2D eigenvalue weighted by Crippen LogP contribution is 2.42. The number of anilines is 1. The molecule has 0 N–H and O–H groups in total. The SMILES string of the molecule is CCC1(CC)CN(c2ccc(I)cc2Cl)C1. The quantitative estimate of drug-likeness (QED) is 0.723. The second kappa shape index (κ2) is 4.73. The first-order valence-electron chi connectivity index (χ1n) is 5.80. The molecule has 0 amide bonds. The van der Waals surface area contributed by atoms with Crippen LogP contribution in [0.25, 0.3) is 0 Å². The Hall–Kier alpha value is 0.0400. The summed E-state index contributed by atoms with van der Waals surface area (Å²) in [5.74, 6) is 0. The summed E-state index contributed by atoms with van der Waals surface area (Å²) in [6.45, 7) is 6.88. The molecule has 1 aromatic carbocycles. The Labute approximate surface area is 116 Å². The first kappa shape index (κ1) is 12.5. The highest BCUT2D eigenvalue weighted by Gasteiger charge is 2.40. The van der Waals surface area contributed by atoms with Crippen molar-refractivity contribution < 1.29 is 0 Å². The Bertz CT molecular complexity index is 380. The molecule has 3 heteroatoms. The van der Waals surface area contributed by atoms with Crippen molar-refractivity contribution in [1.82, 2.24) is 0 Å². The minimum absolute atomic E-state index is 0.534. The van der Waals surface area contributed by atoms with E-state index in [9.17, 15) is 0 Å². The molecular weight excluding hydrogens is 333 g/mol. The van der Waals surface area contributed by atoms with Gasteiger partial charge in [-0.1, -0.05) is 25.4 Å². The molecule has 1 heterocycles. The molecule has 2 rings (SSSR count). The summed E-state index contributed by atoms with van der Waals surface area (Å²) in [6, 6.07) is 6.30. The number of nitrogens with zero attached hydrogens (tertiary/aromatic N) is 1. The van der Waals surface area contributed by atoms with Gasteiger partial charge in [0.25, 0.3) is 0 Å². The van der Waals surface area contributed by atoms with Crippen LogP contribution in [0, 0.1) is 8.99 Å². The minimum atomic E-state index is 0.534. The molecule has 1 fully saturated rings. The van der Waals surface area contributed by atoms with Gasteiger partial charge in [-0.15, -0.1) is 0 Å². The number of halogens is 2. The standard InChI is InChI=1S/C13H17ClIN/c1-3-13(4-2)8-16(9-13)12-6-5-10(15)7-11(12)14/h5-7H,3-4,8-9H2,1-2H3. The lowest BCUT2D eigenvalue weighted by molar-refractivity contribution is 0.194. The Balaban J connectivity index is 2.12. The summed E-state index contributed by atoms with van der Waals surface area (Å²) in [6.07, 6.45) is 2.53. The number of hydrogen-bond donors (Lipinski definition) is 0. The fourth-order valence-electron chi connectivity index (χ4n) is 2.37. The number of hydrogen-bond acceptors (Lipinski definition) is 1. The summed E-state index contributed by atoms with van der Waals surface area (Å²) in [5, 5.41) is 0.882. The molecule has 1 nitrogen and oxygen atoms in total. The maximum absolute atomic E-state index is 6.27. The highest BCUT2D eigenvalue weighted by molar-refractivity contribution is 14.1. The van der Waals surface area contributed by atoms with Crippen LogP contribution >= 0.6 is 34.2 Å². The molecule has 0 bridgehead atoms. The Morgan fingerprint density at radius 1 is 1.31 bits per heavy atom. The Morgan fingerprint density at radius 2 is 1.94 bits per heavy atom. The normalized spacial score (nSPS) is 18.4. The van der Waals surface area contributed by atoms with Crippen LogP contribution < -0.4 is 4.90 Å². The van der Waals surface area contributed by atoms with E-state index in [1.165, 1.54) is 22.1 Å². The van der Waals surface area contributed by atoms with Gasteiger partial charge in [-0.3, -0.25) is 0 Å². The third-order valence-corrected chi connectivity index (χ3v) is 4.78. The van der Waals surface area contributed by atoms with Crippen molar-refractivity contribution in [3.8, 4) is 0 Å². The smallest absolute Gasteiger partial charge is 0.0650 e. The first-order chi connectivity index (χ1) is 7.60. The van der Waals surface area contributed by atoms with Gasteiger partial charge in [-0.2, -0.15) is 0 Å². The van der Waals surface area contributed by atoms with Gasteiger partial charge >= 0.3 is 0 Å². The molecule has 88 valence electrons. The topological polar surface area (TPSA) is 3.24 Å². The average molecular weight is 350 g/mol. The minimum Gasteiger partial charge on any atom is -0.369 e. The maximum atomic E-state index is 6.27. The lowest BCUT2D eigenvalue weighted by Gasteiger charge is -2.51. The van der Waals surface area contributed by atoms with Gasteiger partial charge in [0, 0.05) is 22.1 Å². The zero-order valence-electron chi connectivity index (χ0n) is 9.76. The molecule has 1 saturated heterocycles. The van der Waals surface area contributed by atoms with Crippen LogP contribution in [0.5, 0.6) is 0 Å². The van der Waals surface area contributed by atoms with Crippen LogP contribution in [0.4, 0.5) is 5.69 Å². The third-order valence-electron chi connectivity index (χ3n) is 3.80. The molecule has 0 radical (unpaired) electrons. The molecule has 1 aliphatic rings. The first-order valence-corrected chi connectivity index (χ1v) is 7.26. The van der Waals surface area contributed by atoms with Gasteiger partial charge < -0.3 is 4.90 Å². The molecule has 0 spiro atoms. The molecule has 0 atom stereocenters. The molecule has 1 aromatic rings. The van der Waals surface area contributed by atoms with Gasteiger partial charge in [-0.25, -0.2) is 0 Å². The van der Waals surface area contributed by atoms with E-state index in [1.54, 1.807) is 0 Å². The monoisotopic (exact) mass is 349 g/mol. The second-order valence-electron chi connectivity index (χ2n) is 4.66. The Kier molecular flexibility index (Phi) is 3.69. The van der Waals surface area contributed by atoms with E-state index >= 15 is 0 Å². The van der Waals surface area contributed by atoms with Gasteiger partial charge in [0.15, 0.2) is 0 Å². The summed E-state index contributed by atoms with van der Waals surface area (Å²) in [4.78, 5) is 2.39. The predicted octanol–water partition coefficient (Wildman–Crippen LogP) is 4.57. The largest absolute Gasteiger partial charge is 0.369 e. The van der Waals surface area contributed by atoms with E-state index in [4.69, 9.17) is 11.6 Å². The summed E-state index contributed by atoms with van der Waals surface area (Å²) in [7, 11) is 0. The summed E-state index contributed by atoms with van der Waals surface area (Å²) in [5.41, 5.74) is 1.73. The van der Waals surface area contributed by atoms with Gasteiger partial charge in [-0.05, 0) is 53.6 Å². The van der Waals surface area contributed by atoms with Crippen LogP contribution in [-0.4, -0.2) is 13.1 Å². The van der Waals surface area contributed by atoms with E-state index < -0.39 is 0 Å². The maximum Gasteiger partial charge on any atom is 0.0650 e. The van der Waals surface area contributed by atoms with Crippen molar-refractivity contribution in [2.24, 2.45) is 5.41 Å². The second-order valence-corrected chi connectivity index (χ2v) is 6.31. The number of rotatable bonds is 3. The molecule has 1 aliphatic heterocycles. The lowest BCUT2D eigenvalue weighted by atomic mass is 9.75. The van der Waals surface area contributed by atoms with Crippen molar-refractivity contribution in [1.29, 1.82) is 0 Å². The fraction of sp³-hybridized carbons (Fsp3) is 0.538. The van der Waals surface area contributed by atoms with Crippen molar-refractivity contribution in [3.63, 3.8) is 0 Å².